The Hall–Kier alpha value is -2.24. The first-order valence-corrected chi connectivity index (χ1v) is 12.0. The van der Waals surface area contributed by atoms with Crippen molar-refractivity contribution in [1.82, 2.24) is 0 Å². The second-order valence-electron chi connectivity index (χ2n) is 9.05. The quantitative estimate of drug-likeness (QED) is 0.328. The smallest absolute Gasteiger partial charge is 0.398 e. The predicted octanol–water partition coefficient (Wildman–Crippen LogP) is 8.35. The van der Waals surface area contributed by atoms with E-state index in [9.17, 15) is 17.6 Å². The van der Waals surface area contributed by atoms with Crippen molar-refractivity contribution in [3.05, 3.63) is 58.7 Å². The first-order valence-electron chi connectivity index (χ1n) is 12.0. The van der Waals surface area contributed by atoms with Crippen LogP contribution in [-0.2, 0) is 6.42 Å². The molecule has 6 heteroatoms. The molecule has 1 aliphatic carbocycles. The van der Waals surface area contributed by atoms with E-state index < -0.39 is 24.2 Å². The van der Waals surface area contributed by atoms with Gasteiger partial charge >= 0.3 is 6.11 Å². The van der Waals surface area contributed by atoms with Gasteiger partial charge in [0.2, 0.25) is 5.82 Å². The molecule has 0 radical (unpaired) electrons. The highest BCUT2D eigenvalue weighted by Crippen LogP contribution is 2.38. The summed E-state index contributed by atoms with van der Waals surface area (Å²) in [5.74, 6) is -1.16. The summed E-state index contributed by atoms with van der Waals surface area (Å²) >= 11 is 0. The van der Waals surface area contributed by atoms with Crippen molar-refractivity contribution < 1.29 is 27.0 Å². The molecule has 0 N–H and O–H groups in total. The lowest BCUT2D eigenvalue weighted by Gasteiger charge is -2.28. The maximum absolute atomic E-state index is 14.5. The van der Waals surface area contributed by atoms with Crippen molar-refractivity contribution in [2.24, 2.45) is 5.92 Å². The van der Waals surface area contributed by atoms with Crippen LogP contribution in [0.1, 0.15) is 81.4 Å². The molecular formula is C27H34F4O2. The minimum Gasteiger partial charge on any atom is -0.491 e. The van der Waals surface area contributed by atoms with E-state index in [1.54, 1.807) is 26.0 Å². The van der Waals surface area contributed by atoms with Gasteiger partial charge in [-0.1, -0.05) is 31.9 Å². The highest BCUT2D eigenvalue weighted by molar-refractivity contribution is 5.38. The van der Waals surface area contributed by atoms with Crippen LogP contribution in [0.15, 0.2) is 30.3 Å². The van der Waals surface area contributed by atoms with E-state index in [0.717, 1.165) is 24.3 Å². The lowest BCUT2D eigenvalue weighted by Crippen LogP contribution is -2.26. The molecule has 1 saturated carbocycles. The topological polar surface area (TPSA) is 18.5 Å². The van der Waals surface area contributed by atoms with Gasteiger partial charge < -0.3 is 9.47 Å². The molecule has 0 spiro atoms. The van der Waals surface area contributed by atoms with Crippen LogP contribution in [0.4, 0.5) is 17.6 Å². The second kappa shape index (κ2) is 11.3. The third-order valence-corrected chi connectivity index (χ3v) is 6.63. The summed E-state index contributed by atoms with van der Waals surface area (Å²) in [6.07, 6.45) is 2.57. The molecule has 33 heavy (non-hydrogen) atoms. The summed E-state index contributed by atoms with van der Waals surface area (Å²) in [6.45, 7) is 5.60. The highest BCUT2D eigenvalue weighted by Gasteiger charge is 2.33. The van der Waals surface area contributed by atoms with E-state index in [0.29, 0.717) is 11.5 Å². The SMILES string of the molecule is CCCC1CCC(c2ccc(OC(F)(F)CCc3c(C)cc(OCC)c(F)c3F)cc2)CC1. The molecule has 0 aliphatic heterocycles. The molecule has 3 rings (SSSR count). The van der Waals surface area contributed by atoms with Gasteiger partial charge in [0.25, 0.3) is 0 Å². The number of hydrogen-bond donors (Lipinski definition) is 0. The summed E-state index contributed by atoms with van der Waals surface area (Å²) in [6, 6.07) is 8.21. The maximum Gasteiger partial charge on any atom is 0.398 e. The molecule has 0 aromatic heterocycles. The molecule has 0 amide bonds. The highest BCUT2D eigenvalue weighted by atomic mass is 19.3. The molecule has 2 aromatic carbocycles. The van der Waals surface area contributed by atoms with Crippen LogP contribution in [-0.4, -0.2) is 12.7 Å². The Morgan fingerprint density at radius 1 is 0.970 bits per heavy atom. The van der Waals surface area contributed by atoms with Gasteiger partial charge in [-0.05, 0) is 92.7 Å². The fourth-order valence-electron chi connectivity index (χ4n) is 4.82. The monoisotopic (exact) mass is 466 g/mol. The van der Waals surface area contributed by atoms with Gasteiger partial charge in [-0.3, -0.25) is 0 Å². The lowest BCUT2D eigenvalue weighted by molar-refractivity contribution is -0.180. The van der Waals surface area contributed by atoms with E-state index in [2.05, 4.69) is 6.92 Å². The Labute approximate surface area is 194 Å². The lowest BCUT2D eigenvalue weighted by atomic mass is 9.77. The van der Waals surface area contributed by atoms with E-state index in [-0.39, 0.29) is 30.1 Å². The number of benzene rings is 2. The van der Waals surface area contributed by atoms with Gasteiger partial charge in [0.05, 0.1) is 13.0 Å². The third kappa shape index (κ3) is 6.64. The summed E-state index contributed by atoms with van der Waals surface area (Å²) in [7, 11) is 0. The molecule has 0 heterocycles. The number of halogens is 4. The first-order chi connectivity index (χ1) is 15.7. The van der Waals surface area contributed by atoms with Crippen molar-refractivity contribution in [2.75, 3.05) is 6.61 Å². The van der Waals surface area contributed by atoms with Gasteiger partial charge in [0.15, 0.2) is 11.6 Å². The van der Waals surface area contributed by atoms with Crippen LogP contribution in [0, 0.1) is 24.5 Å². The van der Waals surface area contributed by atoms with Gasteiger partial charge in [0, 0.05) is 0 Å². The second-order valence-corrected chi connectivity index (χ2v) is 9.05. The standard InChI is InChI=1S/C27H34F4O2/c1-4-6-19-7-9-20(10-8-19)21-11-13-22(14-12-21)33-27(30,31)16-15-23-18(3)17-24(32-5-2)26(29)25(23)28/h11-14,17,19-20H,4-10,15-16H2,1-3H3. The average molecular weight is 467 g/mol. The largest absolute Gasteiger partial charge is 0.491 e. The summed E-state index contributed by atoms with van der Waals surface area (Å²) < 4.78 is 67.4. The molecule has 0 atom stereocenters. The molecule has 182 valence electrons. The van der Waals surface area contributed by atoms with Crippen LogP contribution < -0.4 is 9.47 Å². The Kier molecular flexibility index (Phi) is 8.66. The number of alkyl halides is 2. The average Bonchev–Trinajstić information content (AvgIpc) is 2.78. The first kappa shape index (κ1) is 25.4. The van der Waals surface area contributed by atoms with Gasteiger partial charge in [-0.15, -0.1) is 0 Å². The minimum absolute atomic E-state index is 0.0680. The number of ether oxygens (including phenoxy) is 2. The third-order valence-electron chi connectivity index (χ3n) is 6.63. The van der Waals surface area contributed by atoms with Crippen molar-refractivity contribution in [2.45, 2.75) is 84.2 Å². The minimum atomic E-state index is -3.51. The van der Waals surface area contributed by atoms with Gasteiger partial charge in [0.1, 0.15) is 5.75 Å². The fourth-order valence-corrected chi connectivity index (χ4v) is 4.82. The molecule has 1 fully saturated rings. The van der Waals surface area contributed by atoms with Gasteiger partial charge in [-0.25, -0.2) is 4.39 Å². The maximum atomic E-state index is 14.5. The number of hydrogen-bond acceptors (Lipinski definition) is 2. The zero-order chi connectivity index (χ0) is 24.0. The molecule has 0 saturated heterocycles. The predicted molar refractivity (Wildman–Crippen MR) is 122 cm³/mol. The van der Waals surface area contributed by atoms with Crippen LogP contribution >= 0.6 is 0 Å². The summed E-state index contributed by atoms with van der Waals surface area (Å²) in [5.41, 5.74) is 1.43. The summed E-state index contributed by atoms with van der Waals surface area (Å²) in [4.78, 5) is 0. The van der Waals surface area contributed by atoms with Crippen molar-refractivity contribution >= 4 is 0 Å². The fraction of sp³-hybridized carbons (Fsp3) is 0.556. The van der Waals surface area contributed by atoms with E-state index in [4.69, 9.17) is 9.47 Å². The molecule has 2 nitrogen and oxygen atoms in total. The van der Waals surface area contributed by atoms with E-state index in [1.165, 1.54) is 31.7 Å². The molecular weight excluding hydrogens is 432 g/mol. The van der Waals surface area contributed by atoms with E-state index in [1.807, 2.05) is 12.1 Å². The summed E-state index contributed by atoms with van der Waals surface area (Å²) in [5, 5.41) is 0. The van der Waals surface area contributed by atoms with Crippen molar-refractivity contribution in [3.63, 3.8) is 0 Å². The van der Waals surface area contributed by atoms with Crippen LogP contribution in [0.5, 0.6) is 11.5 Å². The number of aryl methyl sites for hydroxylation is 1. The normalized spacial score (nSPS) is 18.9. The van der Waals surface area contributed by atoms with Crippen molar-refractivity contribution in [1.29, 1.82) is 0 Å². The molecule has 0 unspecified atom stereocenters. The number of rotatable bonds is 10. The Morgan fingerprint density at radius 2 is 1.64 bits per heavy atom. The zero-order valence-electron chi connectivity index (χ0n) is 19.7. The van der Waals surface area contributed by atoms with Crippen LogP contribution in [0.2, 0.25) is 0 Å². The molecule has 1 aliphatic rings. The molecule has 2 aromatic rings. The Bertz CT molecular complexity index is 903. The van der Waals surface area contributed by atoms with E-state index >= 15 is 0 Å². The Balaban J connectivity index is 1.58. The van der Waals surface area contributed by atoms with Crippen molar-refractivity contribution in [3.8, 4) is 11.5 Å². The zero-order valence-corrected chi connectivity index (χ0v) is 19.7. The Morgan fingerprint density at radius 3 is 2.24 bits per heavy atom. The van der Waals surface area contributed by atoms with Gasteiger partial charge in [-0.2, -0.15) is 13.2 Å². The van der Waals surface area contributed by atoms with Crippen LogP contribution in [0.25, 0.3) is 0 Å². The molecule has 0 bridgehead atoms. The van der Waals surface area contributed by atoms with Crippen LogP contribution in [0.3, 0.4) is 0 Å².